The van der Waals surface area contributed by atoms with Crippen molar-refractivity contribution in [3.05, 3.63) is 42.0 Å². The van der Waals surface area contributed by atoms with Crippen molar-refractivity contribution in [3.8, 4) is 0 Å². The summed E-state index contributed by atoms with van der Waals surface area (Å²) in [6, 6.07) is 4.79. The van der Waals surface area contributed by atoms with E-state index in [1.165, 1.54) is 12.2 Å². The second kappa shape index (κ2) is 28.5. The summed E-state index contributed by atoms with van der Waals surface area (Å²) in [6.45, 7) is 11.5. The Bertz CT molecular complexity index is 1530. The molecule has 1 aromatic rings. The van der Waals surface area contributed by atoms with Gasteiger partial charge < -0.3 is 55.4 Å². The van der Waals surface area contributed by atoms with Gasteiger partial charge in [0.05, 0.1) is 59.5 Å². The molecule has 1 aliphatic rings. The van der Waals surface area contributed by atoms with E-state index in [4.69, 9.17) is 23.7 Å². The van der Waals surface area contributed by atoms with Crippen molar-refractivity contribution >= 4 is 47.2 Å². The molecule has 0 aromatic heterocycles. The van der Waals surface area contributed by atoms with E-state index in [2.05, 4.69) is 26.6 Å². The Morgan fingerprint density at radius 1 is 0.700 bits per heavy atom. The number of unbranched alkanes of at least 4 members (excludes halogenated alkanes) is 1. The molecule has 0 aliphatic carbocycles. The Kier molecular flexibility index (Phi) is 24.3. The van der Waals surface area contributed by atoms with Gasteiger partial charge in [0.25, 0.3) is 11.8 Å². The number of carbonyl (C=O) groups excluding carboxylic acids is 7. The predicted molar refractivity (Wildman–Crippen MR) is 219 cm³/mol. The average molecular weight is 849 g/mol. The summed E-state index contributed by atoms with van der Waals surface area (Å²) in [5, 5.41) is 23.0. The molecule has 2 atom stereocenters. The summed E-state index contributed by atoms with van der Waals surface area (Å²) >= 11 is 0. The molecule has 19 heteroatoms. The molecule has 1 heterocycles. The molecular weight excluding hydrogens is 784 g/mol. The van der Waals surface area contributed by atoms with Crippen LogP contribution < -0.4 is 26.6 Å². The zero-order valence-electron chi connectivity index (χ0n) is 35.5. The van der Waals surface area contributed by atoms with E-state index < -0.39 is 53.3 Å². The van der Waals surface area contributed by atoms with Gasteiger partial charge in [-0.25, -0.2) is 4.79 Å². The molecule has 6 N–H and O–H groups in total. The van der Waals surface area contributed by atoms with Crippen LogP contribution >= 0.6 is 0 Å². The van der Waals surface area contributed by atoms with Gasteiger partial charge in [0, 0.05) is 50.3 Å². The first-order chi connectivity index (χ1) is 28.6. The molecule has 0 bridgehead atoms. The van der Waals surface area contributed by atoms with E-state index in [1.54, 1.807) is 58.9 Å². The molecule has 336 valence electrons. The fourth-order valence-corrected chi connectivity index (χ4v) is 5.35. The third-order valence-corrected chi connectivity index (χ3v) is 8.51. The average Bonchev–Trinajstić information content (AvgIpc) is 3.51. The molecule has 0 saturated heterocycles. The largest absolute Gasteiger partial charge is 0.444 e. The maximum Gasteiger partial charge on any atom is 0.407 e. The minimum Gasteiger partial charge on any atom is -0.444 e. The number of aliphatic hydroxyl groups is 1. The summed E-state index contributed by atoms with van der Waals surface area (Å²) in [4.78, 5) is 87.5. The van der Waals surface area contributed by atoms with Gasteiger partial charge in [-0.15, -0.1) is 0 Å². The fraction of sp³-hybridized carbons (Fsp3) is 0.634. The van der Waals surface area contributed by atoms with Crippen LogP contribution in [-0.4, -0.2) is 142 Å². The van der Waals surface area contributed by atoms with Gasteiger partial charge in [-0.3, -0.25) is 33.7 Å². The predicted octanol–water partition coefficient (Wildman–Crippen LogP) is 1.33. The minimum absolute atomic E-state index is 0.0000248. The Labute approximate surface area is 352 Å². The Hall–Kier alpha value is -4.95. The highest BCUT2D eigenvalue weighted by Gasteiger charge is 2.29. The number of amides is 7. The molecule has 2 unspecified atom stereocenters. The monoisotopic (exact) mass is 848 g/mol. The second-order valence-corrected chi connectivity index (χ2v) is 15.1. The lowest BCUT2D eigenvalue weighted by molar-refractivity contribution is -0.137. The highest BCUT2D eigenvalue weighted by atomic mass is 16.6. The number of anilines is 1. The number of imide groups is 1. The molecule has 0 fully saturated rings. The van der Waals surface area contributed by atoms with Crippen LogP contribution in [0, 0.1) is 5.92 Å². The van der Waals surface area contributed by atoms with E-state index in [0.717, 1.165) is 4.90 Å². The van der Waals surface area contributed by atoms with Crippen molar-refractivity contribution in [3.63, 3.8) is 0 Å². The third kappa shape index (κ3) is 22.4. The Morgan fingerprint density at radius 2 is 1.28 bits per heavy atom. The van der Waals surface area contributed by atoms with Gasteiger partial charge in [0.1, 0.15) is 17.7 Å². The van der Waals surface area contributed by atoms with Crippen molar-refractivity contribution in [2.24, 2.45) is 5.92 Å². The van der Waals surface area contributed by atoms with E-state index in [0.29, 0.717) is 57.1 Å². The standard InChI is InChI=1S/C41H64N6O13/c1-29(2)37(39(54)45-32(8-6-7-17-43-40(55)60-41(3,4)5)38(53)44-31-11-9-30(28-48)10-12-31)46-34(50)16-20-56-22-24-58-26-27-59-25-23-57-21-18-42-33(49)15-19-47-35(51)13-14-36(47)52/h9-14,29,32,37,48H,6-8,15-28H2,1-5H3,(H,42,49)(H,43,55)(H,44,53)(H,45,54)(H,46,50). The van der Waals surface area contributed by atoms with Crippen molar-refractivity contribution in [2.75, 3.05) is 77.8 Å². The summed E-state index contributed by atoms with van der Waals surface area (Å²) in [5.41, 5.74) is 0.530. The maximum atomic E-state index is 13.5. The number of rotatable bonds is 30. The zero-order valence-corrected chi connectivity index (χ0v) is 35.5. The van der Waals surface area contributed by atoms with Crippen LogP contribution in [0.15, 0.2) is 36.4 Å². The molecule has 7 amide bonds. The number of nitrogens with one attached hydrogen (secondary N) is 5. The Morgan fingerprint density at radius 3 is 1.85 bits per heavy atom. The molecule has 0 saturated carbocycles. The highest BCUT2D eigenvalue weighted by molar-refractivity contribution is 6.13. The molecule has 2 rings (SSSR count). The first kappa shape index (κ1) is 51.2. The quantitative estimate of drug-likeness (QED) is 0.0473. The number of nitrogens with zero attached hydrogens (tertiary/aromatic N) is 1. The summed E-state index contributed by atoms with van der Waals surface area (Å²) in [6.07, 6.45) is 3.08. The topological polar surface area (TPSA) is 249 Å². The lowest BCUT2D eigenvalue weighted by Crippen LogP contribution is -2.54. The lowest BCUT2D eigenvalue weighted by Gasteiger charge is -2.25. The number of hydrogen-bond acceptors (Lipinski definition) is 13. The van der Waals surface area contributed by atoms with Gasteiger partial charge in [-0.2, -0.15) is 0 Å². The first-order valence-corrected chi connectivity index (χ1v) is 20.3. The summed E-state index contributed by atoms with van der Waals surface area (Å²) in [5.74, 6) is -2.80. The maximum absolute atomic E-state index is 13.5. The molecule has 0 radical (unpaired) electrons. The summed E-state index contributed by atoms with van der Waals surface area (Å²) < 4.78 is 27.1. The van der Waals surface area contributed by atoms with Crippen LogP contribution in [0.3, 0.4) is 0 Å². The molecule has 60 heavy (non-hydrogen) atoms. The number of aliphatic hydroxyl groups excluding tert-OH is 1. The smallest absolute Gasteiger partial charge is 0.407 e. The third-order valence-electron chi connectivity index (χ3n) is 8.51. The van der Waals surface area contributed by atoms with Crippen LogP contribution in [0.1, 0.15) is 72.3 Å². The van der Waals surface area contributed by atoms with Crippen molar-refractivity contribution < 1.29 is 62.4 Å². The van der Waals surface area contributed by atoms with E-state index in [9.17, 15) is 38.7 Å². The minimum atomic E-state index is -0.942. The normalized spacial score (nSPS) is 13.6. The lowest BCUT2D eigenvalue weighted by atomic mass is 10.0. The van der Waals surface area contributed by atoms with Crippen molar-refractivity contribution in [2.45, 2.75) is 91.0 Å². The number of hydrogen-bond donors (Lipinski definition) is 6. The van der Waals surface area contributed by atoms with Gasteiger partial charge in [-0.05, 0) is 63.6 Å². The van der Waals surface area contributed by atoms with Gasteiger partial charge in [-0.1, -0.05) is 26.0 Å². The molecular formula is C41H64N6O13. The van der Waals surface area contributed by atoms with Crippen molar-refractivity contribution in [1.82, 2.24) is 26.2 Å². The van der Waals surface area contributed by atoms with Crippen LogP contribution in [0.4, 0.5) is 10.5 Å². The second-order valence-electron chi connectivity index (χ2n) is 15.1. The van der Waals surface area contributed by atoms with Crippen LogP contribution in [0.2, 0.25) is 0 Å². The number of ether oxygens (including phenoxy) is 5. The zero-order chi connectivity index (χ0) is 44.3. The van der Waals surface area contributed by atoms with E-state index in [-0.39, 0.29) is 77.2 Å². The number of carbonyl (C=O) groups is 7. The molecule has 1 aromatic carbocycles. The number of benzene rings is 1. The SMILES string of the molecule is CC(C)C(NC(=O)CCOCCOCCOCCOCCNC(=O)CCN1C(=O)C=CC1=O)C(=O)NC(CCCCNC(=O)OC(C)(C)C)C(=O)Nc1ccc(CO)cc1. The molecule has 19 nitrogen and oxygen atoms in total. The van der Waals surface area contributed by atoms with Gasteiger partial charge >= 0.3 is 6.09 Å². The van der Waals surface area contributed by atoms with E-state index in [1.807, 2.05) is 0 Å². The van der Waals surface area contributed by atoms with E-state index >= 15 is 0 Å². The fourth-order valence-electron chi connectivity index (χ4n) is 5.35. The van der Waals surface area contributed by atoms with Gasteiger partial charge in [0.15, 0.2) is 0 Å². The first-order valence-electron chi connectivity index (χ1n) is 20.3. The van der Waals surface area contributed by atoms with Crippen LogP contribution in [-0.2, 0) is 59.1 Å². The van der Waals surface area contributed by atoms with Gasteiger partial charge in [0.2, 0.25) is 23.6 Å². The highest BCUT2D eigenvalue weighted by Crippen LogP contribution is 2.13. The summed E-state index contributed by atoms with van der Waals surface area (Å²) in [7, 11) is 0. The number of alkyl carbamates (subject to hydrolysis) is 1. The van der Waals surface area contributed by atoms with Crippen molar-refractivity contribution in [1.29, 1.82) is 0 Å². The van der Waals surface area contributed by atoms with Crippen LogP contribution in [0.25, 0.3) is 0 Å². The molecule has 1 aliphatic heterocycles. The molecule has 0 spiro atoms. The van der Waals surface area contributed by atoms with Crippen LogP contribution in [0.5, 0.6) is 0 Å². The Balaban J connectivity index is 1.62.